The molecule has 12 unspecified atom stereocenters. The van der Waals surface area contributed by atoms with Gasteiger partial charge in [-0.25, -0.2) is 0 Å². The molecule has 9 N–H and O–H groups in total. The lowest BCUT2D eigenvalue weighted by Gasteiger charge is -2.46. The highest BCUT2D eigenvalue weighted by atomic mass is 16.7. The Hall–Kier alpha value is -3.87. The summed E-state index contributed by atoms with van der Waals surface area (Å²) in [5.41, 5.74) is 0. The Kier molecular flexibility index (Phi) is 61.1. The summed E-state index contributed by atoms with van der Waals surface area (Å²) in [6.07, 6.45) is 82.2. The number of carbonyl (C=O) groups excluding carboxylic acids is 1. The van der Waals surface area contributed by atoms with Crippen LogP contribution in [0.3, 0.4) is 0 Å². The quantitative estimate of drug-likeness (QED) is 0.0204. The topological polar surface area (TPSA) is 228 Å². The van der Waals surface area contributed by atoms with Gasteiger partial charge in [0.15, 0.2) is 12.6 Å². The van der Waals surface area contributed by atoms with Crippen molar-refractivity contribution in [3.8, 4) is 0 Å². The van der Waals surface area contributed by atoms with Crippen LogP contribution in [0.4, 0.5) is 0 Å². The fraction of sp³-hybridized carbons (Fsp3) is 0.726. The molecule has 2 aliphatic rings. The minimum atomic E-state index is -1.80. The van der Waals surface area contributed by atoms with Crippen LogP contribution >= 0.6 is 0 Å². The molecule has 0 aromatic heterocycles. The van der Waals surface area contributed by atoms with Gasteiger partial charge in [0, 0.05) is 6.42 Å². The molecule has 0 aliphatic carbocycles. The molecule has 2 rings (SSSR count). The number of hydrogen-bond acceptors (Lipinski definition) is 13. The summed E-state index contributed by atoms with van der Waals surface area (Å²) in [6, 6.07) is -0.935. The van der Waals surface area contributed by atoms with Crippen LogP contribution in [0.5, 0.6) is 0 Å². The molecular weight excluding hydrogens is 1230 g/mol. The molecule has 12 atom stereocenters. The van der Waals surface area contributed by atoms with Crippen LogP contribution < -0.4 is 5.32 Å². The zero-order chi connectivity index (χ0) is 70.8. The Morgan fingerprint density at radius 1 is 0.378 bits per heavy atom. The van der Waals surface area contributed by atoms with E-state index in [1.165, 1.54) is 148 Å². The van der Waals surface area contributed by atoms with Crippen LogP contribution in [0.2, 0.25) is 0 Å². The molecule has 0 aromatic carbocycles. The zero-order valence-corrected chi connectivity index (χ0v) is 61.5. The predicted octanol–water partition coefficient (Wildman–Crippen LogP) is 17.8. The van der Waals surface area contributed by atoms with Crippen LogP contribution in [0, 0.1) is 0 Å². The van der Waals surface area contributed by atoms with E-state index in [1.807, 2.05) is 6.08 Å². The average molecular weight is 1380 g/mol. The number of carbonyl (C=O) groups is 1. The summed E-state index contributed by atoms with van der Waals surface area (Å²) < 4.78 is 22.9. The van der Waals surface area contributed by atoms with Gasteiger partial charge in [0.2, 0.25) is 5.91 Å². The van der Waals surface area contributed by atoms with Crippen LogP contribution in [-0.2, 0) is 23.7 Å². The van der Waals surface area contributed by atoms with Gasteiger partial charge < -0.3 is 65.1 Å². The summed E-state index contributed by atoms with van der Waals surface area (Å²) in [4.78, 5) is 13.4. The van der Waals surface area contributed by atoms with E-state index in [9.17, 15) is 45.6 Å². The third-order valence-electron chi connectivity index (χ3n) is 18.3. The van der Waals surface area contributed by atoms with Crippen molar-refractivity contribution in [1.82, 2.24) is 5.32 Å². The van der Waals surface area contributed by atoms with Crippen molar-refractivity contribution in [2.24, 2.45) is 0 Å². The second-order valence-electron chi connectivity index (χ2n) is 27.1. The molecule has 0 aromatic rings. The molecule has 14 heteroatoms. The van der Waals surface area contributed by atoms with E-state index in [4.69, 9.17) is 18.9 Å². The Balaban J connectivity index is 1.66. The Morgan fingerprint density at radius 2 is 0.704 bits per heavy atom. The molecule has 2 fully saturated rings. The van der Waals surface area contributed by atoms with Crippen molar-refractivity contribution in [3.05, 3.63) is 134 Å². The van der Waals surface area contributed by atoms with Gasteiger partial charge in [-0.1, -0.05) is 327 Å². The summed E-state index contributed by atoms with van der Waals surface area (Å²) in [5, 5.41) is 87.7. The number of nitrogens with one attached hydrogen (secondary N) is 1. The largest absolute Gasteiger partial charge is 0.394 e. The standard InChI is InChI=1S/C84H143NO13/c1-3-5-7-9-11-13-15-17-19-21-23-25-27-29-31-32-33-34-35-36-37-38-39-40-42-44-46-48-50-52-54-56-58-60-62-64-66-68-76(89)85-72(71-95-83-81(94)79(92)82(75(70-87)97-83)98-84-80(93)78(91)77(90)74(69-86)96-84)73(88)67-65-63-61-59-57-55-53-51-49-47-45-43-41-30-28-26-24-22-20-18-16-14-12-10-8-6-4-2/h5,7,11,13,17,19,23,25,29,31,33-34,36-37,39-40,44,46,50,52,65,67,72-75,77-84,86-88,90-94H,3-4,6,8-10,12,14-16,18,20-22,24,26-28,30,32,35,38,41-43,45,47-49,51,53-64,66,68-71H2,1-2H3,(H,85,89)/b7-5-,13-11-,19-17-,25-23-,31-29-,34-33-,37-36-,40-39-,46-44-,52-50-,67-65+. The van der Waals surface area contributed by atoms with E-state index in [2.05, 4.69) is 141 Å². The van der Waals surface area contributed by atoms with Crippen molar-refractivity contribution in [2.45, 2.75) is 370 Å². The maximum absolute atomic E-state index is 13.4. The maximum Gasteiger partial charge on any atom is 0.220 e. The second-order valence-corrected chi connectivity index (χ2v) is 27.1. The SMILES string of the molecule is CC/C=C\C/C=C\C/C=C\C/C=C\C/C=C\C/C=C\C/C=C\C/C=C\C/C=C\C/C=C\CCCCCCCCC(=O)NC(COC1OC(CO)C(OC2OC(CO)C(O)C(O)C2O)C(O)C1O)C(O)/C=C/CCCCCCCCCCCCCCCCCCCCCCCCCCC. The first kappa shape index (κ1) is 90.2. The van der Waals surface area contributed by atoms with Crippen LogP contribution in [-0.4, -0.2) is 140 Å². The fourth-order valence-electron chi connectivity index (χ4n) is 12.1. The van der Waals surface area contributed by atoms with Crippen molar-refractivity contribution in [3.63, 3.8) is 0 Å². The highest BCUT2D eigenvalue weighted by molar-refractivity contribution is 5.76. The molecule has 1 amide bonds. The Morgan fingerprint density at radius 3 is 1.08 bits per heavy atom. The van der Waals surface area contributed by atoms with Gasteiger partial charge in [0.25, 0.3) is 0 Å². The number of ether oxygens (including phenoxy) is 4. The summed E-state index contributed by atoms with van der Waals surface area (Å²) in [7, 11) is 0. The van der Waals surface area contributed by atoms with Gasteiger partial charge >= 0.3 is 0 Å². The van der Waals surface area contributed by atoms with Crippen molar-refractivity contribution >= 4 is 5.91 Å². The number of aliphatic hydroxyl groups is 8. The van der Waals surface area contributed by atoms with Gasteiger partial charge in [-0.05, 0) is 96.3 Å². The monoisotopic (exact) mass is 1370 g/mol. The summed E-state index contributed by atoms with van der Waals surface area (Å²) in [5.74, 6) is -0.256. The average Bonchev–Trinajstić information content (AvgIpc) is 0.793. The van der Waals surface area contributed by atoms with Crippen molar-refractivity contribution < 1.29 is 64.6 Å². The van der Waals surface area contributed by atoms with Crippen LogP contribution in [0.15, 0.2) is 134 Å². The molecule has 2 saturated heterocycles. The van der Waals surface area contributed by atoms with Gasteiger partial charge in [-0.3, -0.25) is 4.79 Å². The second kappa shape index (κ2) is 66.4. The molecule has 0 spiro atoms. The minimum absolute atomic E-state index is 0.256. The zero-order valence-electron chi connectivity index (χ0n) is 61.5. The molecule has 2 heterocycles. The lowest BCUT2D eigenvalue weighted by Crippen LogP contribution is -2.65. The number of unbranched alkanes of at least 4 members (excludes halogenated alkanes) is 31. The smallest absolute Gasteiger partial charge is 0.220 e. The van der Waals surface area contributed by atoms with E-state index >= 15 is 0 Å². The first-order chi connectivity index (χ1) is 48.1. The van der Waals surface area contributed by atoms with Gasteiger partial charge in [0.1, 0.15) is 48.8 Å². The van der Waals surface area contributed by atoms with Gasteiger partial charge in [-0.2, -0.15) is 0 Å². The summed E-state index contributed by atoms with van der Waals surface area (Å²) >= 11 is 0. The molecule has 98 heavy (non-hydrogen) atoms. The third-order valence-corrected chi connectivity index (χ3v) is 18.3. The van der Waals surface area contributed by atoms with Crippen molar-refractivity contribution in [1.29, 1.82) is 0 Å². The number of aliphatic hydroxyl groups excluding tert-OH is 8. The molecule has 2 aliphatic heterocycles. The highest BCUT2D eigenvalue weighted by Gasteiger charge is 2.51. The lowest BCUT2D eigenvalue weighted by atomic mass is 9.97. The molecule has 562 valence electrons. The Bertz CT molecular complexity index is 2160. The minimum Gasteiger partial charge on any atom is -0.394 e. The predicted molar refractivity (Wildman–Crippen MR) is 405 cm³/mol. The number of amides is 1. The van der Waals surface area contributed by atoms with E-state index in [-0.39, 0.29) is 18.9 Å². The van der Waals surface area contributed by atoms with Gasteiger partial charge in [0.05, 0.1) is 32.0 Å². The van der Waals surface area contributed by atoms with E-state index in [1.54, 1.807) is 6.08 Å². The molecule has 0 radical (unpaired) electrons. The van der Waals surface area contributed by atoms with E-state index in [0.29, 0.717) is 6.42 Å². The molecular formula is C84H143NO13. The molecule has 0 saturated carbocycles. The number of hydrogen-bond donors (Lipinski definition) is 9. The first-order valence-electron chi connectivity index (χ1n) is 39.4. The maximum atomic E-state index is 13.4. The highest BCUT2D eigenvalue weighted by Crippen LogP contribution is 2.30. The van der Waals surface area contributed by atoms with E-state index < -0.39 is 86.8 Å². The fourth-order valence-corrected chi connectivity index (χ4v) is 12.1. The van der Waals surface area contributed by atoms with Crippen LogP contribution in [0.1, 0.15) is 296 Å². The first-order valence-corrected chi connectivity index (χ1v) is 39.4. The number of rotatable bonds is 64. The third kappa shape index (κ3) is 48.9. The summed E-state index contributed by atoms with van der Waals surface area (Å²) in [6.45, 7) is 2.70. The van der Waals surface area contributed by atoms with E-state index in [0.717, 1.165) is 122 Å². The number of allylic oxidation sites excluding steroid dienone is 21. The molecule has 14 nitrogen and oxygen atoms in total. The van der Waals surface area contributed by atoms with Crippen molar-refractivity contribution in [2.75, 3.05) is 19.8 Å². The van der Waals surface area contributed by atoms with Crippen LogP contribution in [0.25, 0.3) is 0 Å². The Labute approximate surface area is 596 Å². The normalized spacial score (nSPS) is 22.8. The molecule has 0 bridgehead atoms. The van der Waals surface area contributed by atoms with Gasteiger partial charge in [-0.15, -0.1) is 0 Å². The lowest BCUT2D eigenvalue weighted by molar-refractivity contribution is -0.359.